The summed E-state index contributed by atoms with van der Waals surface area (Å²) < 4.78 is 0. The number of hydrogen-bond donors (Lipinski definition) is 0. The van der Waals surface area contributed by atoms with E-state index in [-0.39, 0.29) is 6.42 Å². The summed E-state index contributed by atoms with van der Waals surface area (Å²) in [6.45, 7) is 2.99. The second-order valence-corrected chi connectivity index (χ2v) is 2.09. The third-order valence-electron chi connectivity index (χ3n) is 0.505. The predicted molar refractivity (Wildman–Crippen MR) is 24.3 cm³/mol. The van der Waals surface area contributed by atoms with E-state index in [1.54, 1.807) is 6.07 Å². The molecule has 0 saturated carbocycles. The van der Waals surface area contributed by atoms with Crippen LogP contribution in [-0.4, -0.2) is 5.60 Å². The molecule has 2 nitrogen and oxygen atoms in total. The molecule has 0 N–H and O–H groups in total. The van der Waals surface area contributed by atoms with E-state index >= 15 is 0 Å². The van der Waals surface area contributed by atoms with Gasteiger partial charge in [0.15, 0.2) is 0 Å². The van der Waals surface area contributed by atoms with Crippen LogP contribution in [0.3, 0.4) is 0 Å². The highest BCUT2D eigenvalue weighted by Gasteiger charge is 1.97. The lowest BCUT2D eigenvalue weighted by Crippen LogP contribution is -2.35. The zero-order chi connectivity index (χ0) is 5.91. The Kier molecular flexibility index (Phi) is 1.79. The standard InChI is InChI=1S/C5H8NO/c1-5(2,7)3-4-6/h3H2,1-2H3/q-1. The van der Waals surface area contributed by atoms with Crippen LogP contribution < -0.4 is 5.11 Å². The van der Waals surface area contributed by atoms with E-state index in [0.29, 0.717) is 0 Å². The number of rotatable bonds is 1. The van der Waals surface area contributed by atoms with Crippen molar-refractivity contribution in [2.24, 2.45) is 0 Å². The summed E-state index contributed by atoms with van der Waals surface area (Å²) in [6, 6.07) is 1.80. The molecule has 0 heterocycles. The summed E-state index contributed by atoms with van der Waals surface area (Å²) in [5, 5.41) is 18.4. The summed E-state index contributed by atoms with van der Waals surface area (Å²) in [6.07, 6.45) is 0.0903. The van der Waals surface area contributed by atoms with Gasteiger partial charge in [0.05, 0.1) is 6.07 Å². The number of nitriles is 1. The van der Waals surface area contributed by atoms with Crippen molar-refractivity contribution in [3.05, 3.63) is 0 Å². The van der Waals surface area contributed by atoms with Gasteiger partial charge in [0.25, 0.3) is 0 Å². The third kappa shape index (κ3) is 5.45. The van der Waals surface area contributed by atoms with Gasteiger partial charge in [0.2, 0.25) is 0 Å². The quantitative estimate of drug-likeness (QED) is 0.464. The molecule has 0 unspecified atom stereocenters. The van der Waals surface area contributed by atoms with E-state index in [0.717, 1.165) is 0 Å². The normalized spacial score (nSPS) is 10.6. The first-order valence-corrected chi connectivity index (χ1v) is 2.13. The Morgan fingerprint density at radius 3 is 2.14 bits per heavy atom. The topological polar surface area (TPSA) is 46.8 Å². The van der Waals surface area contributed by atoms with Crippen LogP contribution in [0.4, 0.5) is 0 Å². The highest BCUT2D eigenvalue weighted by Crippen LogP contribution is 1.98. The van der Waals surface area contributed by atoms with Gasteiger partial charge < -0.3 is 5.11 Å². The molecular weight excluding hydrogens is 90.1 g/mol. The molecule has 0 atom stereocenters. The van der Waals surface area contributed by atoms with Gasteiger partial charge in [-0.05, 0) is 0 Å². The van der Waals surface area contributed by atoms with Crippen LogP contribution in [0, 0.1) is 11.3 Å². The largest absolute Gasteiger partial charge is 0.849 e. The van der Waals surface area contributed by atoms with Crippen molar-refractivity contribution < 1.29 is 5.11 Å². The van der Waals surface area contributed by atoms with Crippen molar-refractivity contribution in [1.82, 2.24) is 0 Å². The number of hydrogen-bond acceptors (Lipinski definition) is 2. The molecule has 0 radical (unpaired) electrons. The Morgan fingerprint density at radius 2 is 2.14 bits per heavy atom. The van der Waals surface area contributed by atoms with Gasteiger partial charge in [-0.1, -0.05) is 13.8 Å². The first kappa shape index (κ1) is 6.45. The average molecular weight is 98.1 g/mol. The lowest BCUT2D eigenvalue weighted by molar-refractivity contribution is -0.463. The van der Waals surface area contributed by atoms with E-state index in [1.807, 2.05) is 0 Å². The fraction of sp³-hybridized carbons (Fsp3) is 0.800. The zero-order valence-corrected chi connectivity index (χ0v) is 4.56. The smallest absolute Gasteiger partial charge is 0.0613 e. The van der Waals surface area contributed by atoms with Crippen molar-refractivity contribution in [3.8, 4) is 6.07 Å². The van der Waals surface area contributed by atoms with Gasteiger partial charge in [0, 0.05) is 6.42 Å². The molecule has 0 bridgehead atoms. The predicted octanol–water partition coefficient (Wildman–Crippen LogP) is 0.0390. The van der Waals surface area contributed by atoms with Crippen molar-refractivity contribution in [2.45, 2.75) is 25.9 Å². The molecule has 0 aromatic rings. The maximum atomic E-state index is 10.5. The Bertz CT molecular complexity index is 85.2. The molecule has 0 amide bonds. The Morgan fingerprint density at radius 1 is 1.71 bits per heavy atom. The minimum Gasteiger partial charge on any atom is -0.849 e. The maximum absolute atomic E-state index is 10.5. The summed E-state index contributed by atoms with van der Waals surface area (Å²) in [4.78, 5) is 0. The molecule has 0 rings (SSSR count). The fourth-order valence-electron chi connectivity index (χ4n) is 0.190. The van der Waals surface area contributed by atoms with Crippen LogP contribution in [0.1, 0.15) is 20.3 Å². The highest BCUT2D eigenvalue weighted by atomic mass is 16.3. The highest BCUT2D eigenvalue weighted by molar-refractivity contribution is 4.79. The second kappa shape index (κ2) is 1.94. The van der Waals surface area contributed by atoms with Crippen molar-refractivity contribution in [2.75, 3.05) is 0 Å². The molecule has 0 aliphatic rings. The van der Waals surface area contributed by atoms with Crippen LogP contribution in [0.5, 0.6) is 0 Å². The van der Waals surface area contributed by atoms with Crippen LogP contribution >= 0.6 is 0 Å². The zero-order valence-electron chi connectivity index (χ0n) is 4.56. The maximum Gasteiger partial charge on any atom is 0.0613 e. The van der Waals surface area contributed by atoms with Crippen LogP contribution in [-0.2, 0) is 0 Å². The molecule has 0 aliphatic carbocycles. The van der Waals surface area contributed by atoms with Gasteiger partial charge in [0.1, 0.15) is 0 Å². The lowest BCUT2D eigenvalue weighted by Gasteiger charge is -2.27. The SMILES string of the molecule is CC(C)([O-])CC#N. The van der Waals surface area contributed by atoms with Gasteiger partial charge in [-0.25, -0.2) is 0 Å². The van der Waals surface area contributed by atoms with Crippen LogP contribution in [0.15, 0.2) is 0 Å². The summed E-state index contributed by atoms with van der Waals surface area (Å²) in [7, 11) is 0. The molecule has 7 heavy (non-hydrogen) atoms. The van der Waals surface area contributed by atoms with Gasteiger partial charge in [-0.15, -0.1) is 5.60 Å². The Balaban J connectivity index is 3.40. The first-order valence-electron chi connectivity index (χ1n) is 2.13. The van der Waals surface area contributed by atoms with Crippen LogP contribution in [0.2, 0.25) is 0 Å². The van der Waals surface area contributed by atoms with E-state index in [2.05, 4.69) is 0 Å². The van der Waals surface area contributed by atoms with E-state index in [4.69, 9.17) is 5.26 Å². The fourth-order valence-corrected chi connectivity index (χ4v) is 0.190. The second-order valence-electron chi connectivity index (χ2n) is 2.09. The van der Waals surface area contributed by atoms with Gasteiger partial charge in [-0.3, -0.25) is 0 Å². The molecule has 0 aromatic heterocycles. The monoisotopic (exact) mass is 98.1 g/mol. The minimum absolute atomic E-state index is 0.0903. The Labute approximate surface area is 43.4 Å². The summed E-state index contributed by atoms with van der Waals surface area (Å²) in [5.74, 6) is 0. The van der Waals surface area contributed by atoms with E-state index in [1.165, 1.54) is 13.8 Å². The van der Waals surface area contributed by atoms with E-state index in [9.17, 15) is 5.11 Å². The molecule has 2 heteroatoms. The molecular formula is C5H8NO-. The molecule has 0 saturated heterocycles. The molecule has 0 spiro atoms. The third-order valence-corrected chi connectivity index (χ3v) is 0.505. The lowest BCUT2D eigenvalue weighted by atomic mass is 10.1. The number of nitrogens with zero attached hydrogens (tertiary/aromatic N) is 1. The van der Waals surface area contributed by atoms with Crippen LogP contribution in [0.25, 0.3) is 0 Å². The molecule has 0 aliphatic heterocycles. The minimum atomic E-state index is -1.06. The average Bonchev–Trinajstić information content (AvgIpc) is 1.30. The van der Waals surface area contributed by atoms with Gasteiger partial charge >= 0.3 is 0 Å². The van der Waals surface area contributed by atoms with Crippen molar-refractivity contribution >= 4 is 0 Å². The summed E-state index contributed by atoms with van der Waals surface area (Å²) >= 11 is 0. The first-order chi connectivity index (χ1) is 3.06. The summed E-state index contributed by atoms with van der Waals surface area (Å²) in [5.41, 5.74) is -1.06. The molecule has 0 aromatic carbocycles. The van der Waals surface area contributed by atoms with Crippen molar-refractivity contribution in [3.63, 3.8) is 0 Å². The molecule has 0 fully saturated rings. The van der Waals surface area contributed by atoms with Crippen molar-refractivity contribution in [1.29, 1.82) is 5.26 Å². The molecule has 40 valence electrons. The Hall–Kier alpha value is -0.550. The van der Waals surface area contributed by atoms with Gasteiger partial charge in [-0.2, -0.15) is 5.26 Å². The van der Waals surface area contributed by atoms with E-state index < -0.39 is 5.60 Å².